The van der Waals surface area contributed by atoms with E-state index in [1.54, 1.807) is 30.3 Å². The van der Waals surface area contributed by atoms with Crippen molar-refractivity contribution < 1.29 is 19.4 Å². The van der Waals surface area contributed by atoms with Gasteiger partial charge in [-0.15, -0.1) is 0 Å². The standard InChI is InChI=1S/C26H30O4/c1-19(23(27)11-8-12-24(28)30-26(2,3)4)13-14-20-15-17-22(18-16-20)25(29)21-9-6-5-7-10-21/h5-10,12-19,23,27H,11H2,1-4H3/b12-8+,14-13+/t19-,23+/m1/s1. The summed E-state index contributed by atoms with van der Waals surface area (Å²) in [5, 5.41) is 10.3. The highest BCUT2D eigenvalue weighted by Crippen LogP contribution is 2.15. The topological polar surface area (TPSA) is 63.6 Å². The van der Waals surface area contributed by atoms with Crippen LogP contribution in [0, 0.1) is 5.92 Å². The molecule has 0 aliphatic heterocycles. The smallest absolute Gasteiger partial charge is 0.330 e. The Morgan fingerprint density at radius 1 is 1.00 bits per heavy atom. The zero-order chi connectivity index (χ0) is 22.1. The molecule has 2 rings (SSSR count). The van der Waals surface area contributed by atoms with E-state index in [1.807, 2.05) is 70.2 Å². The number of aliphatic hydroxyl groups excluding tert-OH is 1. The Hall–Kier alpha value is -2.98. The van der Waals surface area contributed by atoms with Crippen LogP contribution in [0.25, 0.3) is 6.08 Å². The molecule has 4 nitrogen and oxygen atoms in total. The molecule has 0 saturated carbocycles. The zero-order valence-electron chi connectivity index (χ0n) is 18.0. The minimum atomic E-state index is -0.612. The first-order chi connectivity index (χ1) is 14.2. The molecule has 2 atom stereocenters. The van der Waals surface area contributed by atoms with E-state index < -0.39 is 17.7 Å². The summed E-state index contributed by atoms with van der Waals surface area (Å²) in [5.74, 6) is -0.520. The largest absolute Gasteiger partial charge is 0.457 e. The van der Waals surface area contributed by atoms with Crippen LogP contribution in [-0.4, -0.2) is 28.6 Å². The average Bonchev–Trinajstić information content (AvgIpc) is 2.71. The van der Waals surface area contributed by atoms with Crippen molar-refractivity contribution in [3.63, 3.8) is 0 Å². The second-order valence-corrected chi connectivity index (χ2v) is 8.27. The highest BCUT2D eigenvalue weighted by atomic mass is 16.6. The number of esters is 1. The molecule has 2 aromatic carbocycles. The van der Waals surface area contributed by atoms with Gasteiger partial charge in [-0.05, 0) is 32.8 Å². The van der Waals surface area contributed by atoms with Gasteiger partial charge in [-0.1, -0.05) is 79.7 Å². The molecule has 2 aromatic rings. The normalized spacial score (nSPS) is 14.0. The predicted octanol–water partition coefficient (Wildman–Crippen LogP) is 5.22. The summed E-state index contributed by atoms with van der Waals surface area (Å²) in [6, 6.07) is 16.6. The van der Waals surface area contributed by atoms with E-state index in [1.165, 1.54) is 6.08 Å². The molecule has 158 valence electrons. The molecule has 0 radical (unpaired) electrons. The van der Waals surface area contributed by atoms with Crippen molar-refractivity contribution >= 4 is 17.8 Å². The van der Waals surface area contributed by atoms with Crippen molar-refractivity contribution in [3.8, 4) is 0 Å². The van der Waals surface area contributed by atoms with Crippen molar-refractivity contribution in [1.29, 1.82) is 0 Å². The van der Waals surface area contributed by atoms with Gasteiger partial charge in [0.2, 0.25) is 0 Å². The molecule has 0 spiro atoms. The summed E-state index contributed by atoms with van der Waals surface area (Å²) >= 11 is 0. The lowest BCUT2D eigenvalue weighted by Gasteiger charge is -2.18. The van der Waals surface area contributed by atoms with Crippen molar-refractivity contribution in [1.82, 2.24) is 0 Å². The minimum Gasteiger partial charge on any atom is -0.457 e. The van der Waals surface area contributed by atoms with E-state index in [0.717, 1.165) is 5.56 Å². The molecule has 0 saturated heterocycles. The summed E-state index contributed by atoms with van der Waals surface area (Å²) < 4.78 is 5.19. The van der Waals surface area contributed by atoms with Gasteiger partial charge in [0.25, 0.3) is 0 Å². The molecule has 0 heterocycles. The van der Waals surface area contributed by atoms with Gasteiger partial charge >= 0.3 is 5.97 Å². The van der Waals surface area contributed by atoms with Crippen LogP contribution >= 0.6 is 0 Å². The Morgan fingerprint density at radius 3 is 2.20 bits per heavy atom. The Morgan fingerprint density at radius 2 is 1.60 bits per heavy atom. The fraction of sp³-hybridized carbons (Fsp3) is 0.308. The molecule has 0 fully saturated rings. The third-order valence-corrected chi connectivity index (χ3v) is 4.45. The highest BCUT2D eigenvalue weighted by Gasteiger charge is 2.14. The third-order valence-electron chi connectivity index (χ3n) is 4.45. The van der Waals surface area contributed by atoms with Crippen molar-refractivity contribution in [2.75, 3.05) is 0 Å². The van der Waals surface area contributed by atoms with E-state index in [0.29, 0.717) is 17.5 Å². The van der Waals surface area contributed by atoms with Crippen LogP contribution in [0.15, 0.2) is 72.8 Å². The van der Waals surface area contributed by atoms with E-state index >= 15 is 0 Å². The predicted molar refractivity (Wildman–Crippen MR) is 120 cm³/mol. The van der Waals surface area contributed by atoms with E-state index in [9.17, 15) is 14.7 Å². The molecule has 0 unspecified atom stereocenters. The minimum absolute atomic E-state index is 0.00769. The first kappa shape index (κ1) is 23.3. The number of ether oxygens (including phenoxy) is 1. The molecular weight excluding hydrogens is 376 g/mol. The summed E-state index contributed by atoms with van der Waals surface area (Å²) in [7, 11) is 0. The van der Waals surface area contributed by atoms with Gasteiger partial charge in [0.05, 0.1) is 6.10 Å². The van der Waals surface area contributed by atoms with Crippen LogP contribution in [0.5, 0.6) is 0 Å². The van der Waals surface area contributed by atoms with Gasteiger partial charge in [-0.25, -0.2) is 4.79 Å². The number of aliphatic hydroxyl groups is 1. The van der Waals surface area contributed by atoms with E-state index in [-0.39, 0.29) is 11.7 Å². The fourth-order valence-corrected chi connectivity index (χ4v) is 2.75. The second kappa shape index (κ2) is 10.7. The molecule has 30 heavy (non-hydrogen) atoms. The SMILES string of the molecule is C[C@H](/C=C/c1ccc(C(=O)c2ccccc2)cc1)[C@@H](O)C/C=C/C(=O)OC(C)(C)C. The monoisotopic (exact) mass is 406 g/mol. The average molecular weight is 407 g/mol. The molecular formula is C26H30O4. The van der Waals surface area contributed by atoms with Gasteiger partial charge < -0.3 is 9.84 Å². The van der Waals surface area contributed by atoms with E-state index in [4.69, 9.17) is 4.74 Å². The van der Waals surface area contributed by atoms with Gasteiger partial charge in [0.1, 0.15) is 5.60 Å². The van der Waals surface area contributed by atoms with Crippen LogP contribution < -0.4 is 0 Å². The van der Waals surface area contributed by atoms with Gasteiger partial charge in [-0.2, -0.15) is 0 Å². The molecule has 0 aliphatic carbocycles. The Kier molecular flexibility index (Phi) is 8.31. The van der Waals surface area contributed by atoms with Gasteiger partial charge in [0, 0.05) is 23.1 Å². The van der Waals surface area contributed by atoms with E-state index in [2.05, 4.69) is 0 Å². The third kappa shape index (κ3) is 7.80. The zero-order valence-corrected chi connectivity index (χ0v) is 18.0. The van der Waals surface area contributed by atoms with Crippen LogP contribution in [-0.2, 0) is 9.53 Å². The molecule has 0 aromatic heterocycles. The summed E-state index contributed by atoms with van der Waals surface area (Å²) in [6.45, 7) is 7.34. The quantitative estimate of drug-likeness (QED) is 0.371. The fourth-order valence-electron chi connectivity index (χ4n) is 2.75. The van der Waals surface area contributed by atoms with Crippen LogP contribution in [0.4, 0.5) is 0 Å². The van der Waals surface area contributed by atoms with Crippen molar-refractivity contribution in [3.05, 3.63) is 89.5 Å². The highest BCUT2D eigenvalue weighted by molar-refractivity contribution is 6.09. The number of carbonyl (C=O) groups is 2. The number of rotatable bonds is 8. The molecule has 1 N–H and O–H groups in total. The first-order valence-corrected chi connectivity index (χ1v) is 10.1. The van der Waals surface area contributed by atoms with Crippen molar-refractivity contribution in [2.24, 2.45) is 5.92 Å². The number of carbonyl (C=O) groups excluding carboxylic acids is 2. The maximum absolute atomic E-state index is 12.4. The van der Waals surface area contributed by atoms with Crippen LogP contribution in [0.1, 0.15) is 55.6 Å². The van der Waals surface area contributed by atoms with Crippen LogP contribution in [0.3, 0.4) is 0 Å². The Bertz CT molecular complexity index is 887. The second-order valence-electron chi connectivity index (χ2n) is 8.27. The van der Waals surface area contributed by atoms with Crippen molar-refractivity contribution in [2.45, 2.75) is 45.8 Å². The molecule has 0 aliphatic rings. The Labute approximate surface area is 178 Å². The maximum Gasteiger partial charge on any atom is 0.330 e. The number of ketones is 1. The van der Waals surface area contributed by atoms with Gasteiger partial charge in [0.15, 0.2) is 5.78 Å². The molecule has 4 heteroatoms. The first-order valence-electron chi connectivity index (χ1n) is 10.1. The molecule has 0 amide bonds. The summed E-state index contributed by atoms with van der Waals surface area (Å²) in [6.07, 6.45) is 6.57. The summed E-state index contributed by atoms with van der Waals surface area (Å²) in [5.41, 5.74) is 1.72. The lowest BCUT2D eigenvalue weighted by Crippen LogP contribution is -2.22. The lowest BCUT2D eigenvalue weighted by atomic mass is 9.99. The Balaban J connectivity index is 1.89. The number of hydrogen-bond donors (Lipinski definition) is 1. The maximum atomic E-state index is 12.4. The lowest BCUT2D eigenvalue weighted by molar-refractivity contribution is -0.148. The van der Waals surface area contributed by atoms with Crippen LogP contribution in [0.2, 0.25) is 0 Å². The van der Waals surface area contributed by atoms with Gasteiger partial charge in [-0.3, -0.25) is 4.79 Å². The molecule has 0 bridgehead atoms. The summed E-state index contributed by atoms with van der Waals surface area (Å²) in [4.78, 5) is 24.1. The number of hydrogen-bond acceptors (Lipinski definition) is 4. The number of benzene rings is 2.